The highest BCUT2D eigenvalue weighted by atomic mass is 35.5. The minimum atomic E-state index is 0. The molecule has 0 aromatic carbocycles. The summed E-state index contributed by atoms with van der Waals surface area (Å²) in [5.74, 6) is 1.07. The molecule has 1 heterocycles. The average Bonchev–Trinajstić information content (AvgIpc) is 2.40. The van der Waals surface area contributed by atoms with E-state index in [1.165, 1.54) is 44.9 Å². The van der Waals surface area contributed by atoms with E-state index >= 15 is 0 Å². The van der Waals surface area contributed by atoms with Gasteiger partial charge in [-0.05, 0) is 38.1 Å². The minimum Gasteiger partial charge on any atom is -0.344 e. The highest BCUT2D eigenvalue weighted by Gasteiger charge is 2.25. The standard InChI is InChI=1S/C14H26N2O.ClH/c1-16(11-12-7-3-2-4-8-12)14(17)13-9-5-6-10-15-13;/h12-13,15H,2-11H2,1H3;1H. The molecule has 1 unspecified atom stereocenters. The number of amides is 1. The van der Waals surface area contributed by atoms with Crippen LogP contribution in [0.5, 0.6) is 0 Å². The van der Waals surface area contributed by atoms with Gasteiger partial charge in [0.15, 0.2) is 0 Å². The number of hydrogen-bond donors (Lipinski definition) is 1. The Hall–Kier alpha value is -0.280. The maximum Gasteiger partial charge on any atom is 0.239 e. The number of rotatable bonds is 3. The van der Waals surface area contributed by atoms with Crippen LogP contribution in [0.3, 0.4) is 0 Å². The van der Waals surface area contributed by atoms with Crippen LogP contribution < -0.4 is 5.32 Å². The number of likely N-dealkylation sites (N-methyl/N-ethyl adjacent to an activating group) is 1. The van der Waals surface area contributed by atoms with E-state index in [2.05, 4.69) is 5.32 Å². The summed E-state index contributed by atoms with van der Waals surface area (Å²) in [5.41, 5.74) is 0. The zero-order chi connectivity index (χ0) is 12.1. The quantitative estimate of drug-likeness (QED) is 0.858. The van der Waals surface area contributed by atoms with Crippen molar-refractivity contribution >= 4 is 18.3 Å². The molecule has 2 rings (SSSR count). The van der Waals surface area contributed by atoms with E-state index in [0.717, 1.165) is 25.4 Å². The molecule has 1 aliphatic carbocycles. The first kappa shape index (κ1) is 15.8. The Morgan fingerprint density at radius 3 is 2.39 bits per heavy atom. The van der Waals surface area contributed by atoms with Crippen molar-refractivity contribution in [3.8, 4) is 0 Å². The highest BCUT2D eigenvalue weighted by Crippen LogP contribution is 2.24. The largest absolute Gasteiger partial charge is 0.344 e. The summed E-state index contributed by atoms with van der Waals surface area (Å²) in [6.45, 7) is 1.98. The molecule has 0 aromatic heterocycles. The van der Waals surface area contributed by atoms with Crippen molar-refractivity contribution in [1.82, 2.24) is 10.2 Å². The summed E-state index contributed by atoms with van der Waals surface area (Å²) in [6, 6.07) is 0.0948. The van der Waals surface area contributed by atoms with Crippen LogP contribution >= 0.6 is 12.4 Å². The molecule has 3 nitrogen and oxygen atoms in total. The van der Waals surface area contributed by atoms with E-state index < -0.39 is 0 Å². The number of nitrogens with one attached hydrogen (secondary N) is 1. The van der Waals surface area contributed by atoms with Crippen LogP contribution in [0.25, 0.3) is 0 Å². The summed E-state index contributed by atoms with van der Waals surface area (Å²) in [7, 11) is 1.98. The number of hydrogen-bond acceptors (Lipinski definition) is 2. The molecule has 4 heteroatoms. The third-order valence-electron chi connectivity index (χ3n) is 4.24. The number of piperidine rings is 1. The number of carbonyl (C=O) groups is 1. The number of carbonyl (C=O) groups excluding carboxylic acids is 1. The summed E-state index contributed by atoms with van der Waals surface area (Å²) < 4.78 is 0. The van der Waals surface area contributed by atoms with Gasteiger partial charge in [-0.15, -0.1) is 12.4 Å². The van der Waals surface area contributed by atoms with Crippen LogP contribution in [0.15, 0.2) is 0 Å². The molecule has 0 spiro atoms. The van der Waals surface area contributed by atoms with E-state index in [9.17, 15) is 4.79 Å². The van der Waals surface area contributed by atoms with Crippen LogP contribution in [0.1, 0.15) is 51.4 Å². The fraction of sp³-hybridized carbons (Fsp3) is 0.929. The molecule has 2 fully saturated rings. The summed E-state index contributed by atoms with van der Waals surface area (Å²) in [5, 5.41) is 3.35. The Labute approximate surface area is 117 Å². The Balaban J connectivity index is 0.00000162. The van der Waals surface area contributed by atoms with Crippen LogP contribution in [-0.4, -0.2) is 37.0 Å². The van der Waals surface area contributed by atoms with Crippen molar-refractivity contribution in [1.29, 1.82) is 0 Å². The van der Waals surface area contributed by atoms with Gasteiger partial charge in [0.25, 0.3) is 0 Å². The van der Waals surface area contributed by atoms with Gasteiger partial charge >= 0.3 is 0 Å². The lowest BCUT2D eigenvalue weighted by Gasteiger charge is -2.31. The predicted molar refractivity (Wildman–Crippen MR) is 77.1 cm³/mol. The van der Waals surface area contributed by atoms with Crippen molar-refractivity contribution < 1.29 is 4.79 Å². The van der Waals surface area contributed by atoms with Gasteiger partial charge in [0.1, 0.15) is 0 Å². The molecular formula is C14H27ClN2O. The van der Waals surface area contributed by atoms with E-state index in [0.29, 0.717) is 5.91 Å². The van der Waals surface area contributed by atoms with Crippen molar-refractivity contribution in [3.63, 3.8) is 0 Å². The Morgan fingerprint density at radius 1 is 1.11 bits per heavy atom. The van der Waals surface area contributed by atoms with Crippen LogP contribution in [0.4, 0.5) is 0 Å². The van der Waals surface area contributed by atoms with Gasteiger partial charge in [0.05, 0.1) is 6.04 Å². The lowest BCUT2D eigenvalue weighted by molar-refractivity contribution is -0.133. The van der Waals surface area contributed by atoms with Crippen LogP contribution in [0.2, 0.25) is 0 Å². The van der Waals surface area contributed by atoms with Gasteiger partial charge in [-0.1, -0.05) is 25.7 Å². The first-order chi connectivity index (χ1) is 8.27. The third kappa shape index (κ3) is 4.43. The smallest absolute Gasteiger partial charge is 0.239 e. The van der Waals surface area contributed by atoms with Crippen molar-refractivity contribution in [2.75, 3.05) is 20.1 Å². The lowest BCUT2D eigenvalue weighted by atomic mass is 9.89. The van der Waals surface area contributed by atoms with Gasteiger partial charge in [-0.25, -0.2) is 0 Å². The zero-order valence-electron chi connectivity index (χ0n) is 11.5. The van der Waals surface area contributed by atoms with E-state index in [1.54, 1.807) is 0 Å². The van der Waals surface area contributed by atoms with Crippen molar-refractivity contribution in [2.45, 2.75) is 57.4 Å². The van der Waals surface area contributed by atoms with Crippen molar-refractivity contribution in [2.24, 2.45) is 5.92 Å². The molecule has 0 radical (unpaired) electrons. The van der Waals surface area contributed by atoms with Gasteiger partial charge in [0, 0.05) is 13.6 Å². The van der Waals surface area contributed by atoms with Gasteiger partial charge in [-0.3, -0.25) is 4.79 Å². The fourth-order valence-electron chi connectivity index (χ4n) is 3.18. The zero-order valence-corrected chi connectivity index (χ0v) is 12.3. The van der Waals surface area contributed by atoms with E-state index in [-0.39, 0.29) is 18.4 Å². The first-order valence-corrected chi connectivity index (χ1v) is 7.26. The van der Waals surface area contributed by atoms with Crippen LogP contribution in [-0.2, 0) is 4.79 Å². The predicted octanol–water partition coefficient (Wildman–Crippen LogP) is 2.59. The minimum absolute atomic E-state index is 0. The molecule has 106 valence electrons. The SMILES string of the molecule is CN(CC1CCCCC1)C(=O)C1CCCCN1.Cl. The number of halogens is 1. The maximum absolute atomic E-state index is 12.2. The molecule has 2 aliphatic rings. The topological polar surface area (TPSA) is 32.3 Å². The molecule has 0 bridgehead atoms. The molecule has 1 amide bonds. The monoisotopic (exact) mass is 274 g/mol. The normalized spacial score (nSPS) is 25.3. The van der Waals surface area contributed by atoms with Crippen molar-refractivity contribution in [3.05, 3.63) is 0 Å². The van der Waals surface area contributed by atoms with E-state index in [1.807, 2.05) is 11.9 Å². The summed E-state index contributed by atoms with van der Waals surface area (Å²) in [6.07, 6.45) is 10.2. The Morgan fingerprint density at radius 2 is 1.78 bits per heavy atom. The molecule has 1 aliphatic heterocycles. The first-order valence-electron chi connectivity index (χ1n) is 7.26. The second-order valence-corrected chi connectivity index (χ2v) is 5.73. The molecule has 1 N–H and O–H groups in total. The van der Waals surface area contributed by atoms with E-state index in [4.69, 9.17) is 0 Å². The second-order valence-electron chi connectivity index (χ2n) is 5.73. The molecule has 18 heavy (non-hydrogen) atoms. The average molecular weight is 275 g/mol. The molecule has 1 atom stereocenters. The fourth-order valence-corrected chi connectivity index (χ4v) is 3.18. The highest BCUT2D eigenvalue weighted by molar-refractivity contribution is 5.85. The lowest BCUT2D eigenvalue weighted by Crippen LogP contribution is -2.48. The van der Waals surface area contributed by atoms with Gasteiger partial charge in [-0.2, -0.15) is 0 Å². The van der Waals surface area contributed by atoms with Crippen LogP contribution in [0, 0.1) is 5.92 Å². The molecule has 0 aromatic rings. The Kier molecular flexibility index (Phi) is 7.02. The summed E-state index contributed by atoms with van der Waals surface area (Å²) >= 11 is 0. The third-order valence-corrected chi connectivity index (χ3v) is 4.24. The Bertz CT molecular complexity index is 248. The van der Waals surface area contributed by atoms with Gasteiger partial charge < -0.3 is 10.2 Å². The number of nitrogens with zero attached hydrogens (tertiary/aromatic N) is 1. The molecular weight excluding hydrogens is 248 g/mol. The molecule has 1 saturated carbocycles. The second kappa shape index (κ2) is 8.00. The summed E-state index contributed by atoms with van der Waals surface area (Å²) in [4.78, 5) is 14.2. The maximum atomic E-state index is 12.2. The molecule has 1 saturated heterocycles. The van der Waals surface area contributed by atoms with Gasteiger partial charge in [0.2, 0.25) is 5.91 Å².